The van der Waals surface area contributed by atoms with Gasteiger partial charge < -0.3 is 0 Å². The molecule has 6 nitrogen and oxygen atoms in total. The fraction of sp³-hybridized carbons (Fsp3) is 0.429. The number of hydrogen-bond acceptors (Lipinski definition) is 4. The highest BCUT2D eigenvalue weighted by molar-refractivity contribution is 7.89. The van der Waals surface area contributed by atoms with Crippen LogP contribution in [0.1, 0.15) is 32.3 Å². The molecule has 2 amide bonds. The Bertz CT molecular complexity index is 726. The second-order valence-corrected chi connectivity index (χ2v) is 7.18. The van der Waals surface area contributed by atoms with Gasteiger partial charge in [0.25, 0.3) is 0 Å². The van der Waals surface area contributed by atoms with Crippen LogP contribution in [0.25, 0.3) is 0 Å². The van der Waals surface area contributed by atoms with Crippen LogP contribution in [0.2, 0.25) is 0 Å². The molecule has 7 heteroatoms. The summed E-state index contributed by atoms with van der Waals surface area (Å²) in [5, 5.41) is 5.07. The molecule has 1 aromatic carbocycles. The predicted molar refractivity (Wildman–Crippen MR) is 78.1 cm³/mol. The molecule has 0 radical (unpaired) electrons. The van der Waals surface area contributed by atoms with Crippen molar-refractivity contribution in [2.45, 2.75) is 38.5 Å². The monoisotopic (exact) mass is 310 g/mol. The zero-order valence-electron chi connectivity index (χ0n) is 12.2. The summed E-state index contributed by atoms with van der Waals surface area (Å²) in [4.78, 5) is 25.7. The molecule has 2 rings (SSSR count). The number of anilines is 1. The molecule has 1 aliphatic heterocycles. The largest absolute Gasteiger partial charge is 0.274 e. The summed E-state index contributed by atoms with van der Waals surface area (Å²) < 4.78 is 22.7. The van der Waals surface area contributed by atoms with Gasteiger partial charge in [-0.2, -0.15) is 0 Å². The Kier molecular flexibility index (Phi) is 3.67. The molecule has 1 heterocycles. The summed E-state index contributed by atoms with van der Waals surface area (Å²) >= 11 is 0. The number of carbonyl (C=O) groups is 2. The summed E-state index contributed by atoms with van der Waals surface area (Å²) in [7, 11) is -3.81. The second kappa shape index (κ2) is 4.92. The van der Waals surface area contributed by atoms with Crippen LogP contribution < -0.4 is 10.0 Å². The van der Waals surface area contributed by atoms with Crippen LogP contribution in [-0.2, 0) is 19.6 Å². The van der Waals surface area contributed by atoms with Crippen LogP contribution in [0.15, 0.2) is 23.1 Å². The highest BCUT2D eigenvalue weighted by Crippen LogP contribution is 2.39. The highest BCUT2D eigenvalue weighted by atomic mass is 32.2. The average molecular weight is 310 g/mol. The number of nitrogens with zero attached hydrogens (tertiary/aromatic N) is 1. The van der Waals surface area contributed by atoms with Crippen molar-refractivity contribution in [3.63, 3.8) is 0 Å². The van der Waals surface area contributed by atoms with Gasteiger partial charge in [0, 0.05) is 6.42 Å². The topological polar surface area (TPSA) is 97.5 Å². The molecule has 1 aromatic rings. The van der Waals surface area contributed by atoms with Gasteiger partial charge in [-0.05, 0) is 37.1 Å². The number of aryl methyl sites for hydroxylation is 1. The number of sulfonamides is 1. The maximum atomic E-state index is 12.5. The van der Waals surface area contributed by atoms with Gasteiger partial charge in [0.15, 0.2) is 0 Å². The van der Waals surface area contributed by atoms with E-state index in [4.69, 9.17) is 5.14 Å². The number of imide groups is 1. The van der Waals surface area contributed by atoms with Crippen molar-refractivity contribution in [2.24, 2.45) is 10.6 Å². The zero-order valence-corrected chi connectivity index (χ0v) is 13.0. The maximum absolute atomic E-state index is 12.5. The third-order valence-electron chi connectivity index (χ3n) is 4.03. The lowest BCUT2D eigenvalue weighted by Crippen LogP contribution is -2.34. The molecule has 0 bridgehead atoms. The summed E-state index contributed by atoms with van der Waals surface area (Å²) in [6.07, 6.45) is 0.737. The summed E-state index contributed by atoms with van der Waals surface area (Å²) in [5.41, 5.74) is 0.237. The van der Waals surface area contributed by atoms with E-state index in [-0.39, 0.29) is 23.1 Å². The molecule has 0 aliphatic carbocycles. The Hall–Kier alpha value is -1.73. The number of primary sulfonamides is 1. The van der Waals surface area contributed by atoms with Crippen molar-refractivity contribution in [2.75, 3.05) is 4.90 Å². The van der Waals surface area contributed by atoms with E-state index in [2.05, 4.69) is 0 Å². The number of amides is 2. The minimum atomic E-state index is -3.81. The first-order valence-electron chi connectivity index (χ1n) is 6.61. The minimum absolute atomic E-state index is 0.0406. The summed E-state index contributed by atoms with van der Waals surface area (Å²) in [6, 6.07) is 4.12. The predicted octanol–water partition coefficient (Wildman–Crippen LogP) is 1.32. The highest BCUT2D eigenvalue weighted by Gasteiger charge is 2.47. The van der Waals surface area contributed by atoms with Crippen LogP contribution in [0, 0.1) is 12.3 Å². The first-order valence-corrected chi connectivity index (χ1v) is 8.15. The second-order valence-electron chi connectivity index (χ2n) is 5.62. The van der Waals surface area contributed by atoms with Gasteiger partial charge in [-0.15, -0.1) is 0 Å². The third kappa shape index (κ3) is 2.58. The standard InChI is InChI=1S/C14H18N2O4S/c1-4-14(3)8-12(17)16(13(14)18)11-6-5-10(7-9(11)2)21(15,19)20/h5-7H,4,8H2,1-3H3,(H2,15,19,20). The van der Waals surface area contributed by atoms with Crippen LogP contribution in [0.5, 0.6) is 0 Å². The Labute approximate surface area is 124 Å². The minimum Gasteiger partial charge on any atom is -0.274 e. The van der Waals surface area contributed by atoms with E-state index in [0.717, 1.165) is 4.90 Å². The smallest absolute Gasteiger partial charge is 0.240 e. The molecular formula is C14H18N2O4S. The van der Waals surface area contributed by atoms with E-state index >= 15 is 0 Å². The molecular weight excluding hydrogens is 292 g/mol. The number of carbonyl (C=O) groups excluding carboxylic acids is 2. The normalized spacial score (nSPS) is 23.0. The van der Waals surface area contributed by atoms with Crippen LogP contribution in [0.3, 0.4) is 0 Å². The molecule has 1 fully saturated rings. The molecule has 2 N–H and O–H groups in total. The first-order chi connectivity index (χ1) is 9.60. The van der Waals surface area contributed by atoms with Crippen molar-refractivity contribution >= 4 is 27.5 Å². The molecule has 114 valence electrons. The number of nitrogens with two attached hydrogens (primary N) is 1. The van der Waals surface area contributed by atoms with Gasteiger partial charge in [0.05, 0.1) is 16.0 Å². The van der Waals surface area contributed by atoms with Crippen LogP contribution >= 0.6 is 0 Å². The Morgan fingerprint density at radius 2 is 1.95 bits per heavy atom. The quantitative estimate of drug-likeness (QED) is 0.851. The van der Waals surface area contributed by atoms with E-state index in [1.165, 1.54) is 18.2 Å². The zero-order chi connectivity index (χ0) is 16.0. The van der Waals surface area contributed by atoms with Crippen molar-refractivity contribution in [3.05, 3.63) is 23.8 Å². The summed E-state index contributed by atoms with van der Waals surface area (Å²) in [6.45, 7) is 5.28. The molecule has 0 spiro atoms. The Morgan fingerprint density at radius 1 is 1.33 bits per heavy atom. The van der Waals surface area contributed by atoms with Crippen molar-refractivity contribution in [1.29, 1.82) is 0 Å². The lowest BCUT2D eigenvalue weighted by molar-refractivity contribution is -0.125. The number of rotatable bonds is 3. The molecule has 1 atom stereocenters. The molecule has 1 aliphatic rings. The van der Waals surface area contributed by atoms with E-state index in [1.54, 1.807) is 13.8 Å². The maximum Gasteiger partial charge on any atom is 0.240 e. The van der Waals surface area contributed by atoms with Crippen molar-refractivity contribution in [1.82, 2.24) is 0 Å². The first kappa shape index (κ1) is 15.7. The molecule has 1 saturated heterocycles. The average Bonchev–Trinajstić information content (AvgIpc) is 2.60. The van der Waals surface area contributed by atoms with Crippen LogP contribution in [0.4, 0.5) is 5.69 Å². The number of benzene rings is 1. The van der Waals surface area contributed by atoms with E-state index < -0.39 is 15.4 Å². The molecule has 0 aromatic heterocycles. The fourth-order valence-electron chi connectivity index (χ4n) is 2.45. The van der Waals surface area contributed by atoms with Crippen LogP contribution in [-0.4, -0.2) is 20.2 Å². The van der Waals surface area contributed by atoms with E-state index in [1.807, 2.05) is 6.92 Å². The lowest BCUT2D eigenvalue weighted by Gasteiger charge is -2.21. The molecule has 0 saturated carbocycles. The van der Waals surface area contributed by atoms with Gasteiger partial charge in [-0.1, -0.05) is 13.8 Å². The molecule has 1 unspecified atom stereocenters. The van der Waals surface area contributed by atoms with Gasteiger partial charge in [-0.3, -0.25) is 9.59 Å². The van der Waals surface area contributed by atoms with Crippen molar-refractivity contribution in [3.8, 4) is 0 Å². The van der Waals surface area contributed by atoms with Gasteiger partial charge in [-0.25, -0.2) is 18.5 Å². The van der Waals surface area contributed by atoms with Gasteiger partial charge in [0.2, 0.25) is 21.8 Å². The summed E-state index contributed by atoms with van der Waals surface area (Å²) in [5.74, 6) is -0.516. The van der Waals surface area contributed by atoms with E-state index in [9.17, 15) is 18.0 Å². The van der Waals surface area contributed by atoms with Gasteiger partial charge >= 0.3 is 0 Å². The fourth-order valence-corrected chi connectivity index (χ4v) is 3.05. The van der Waals surface area contributed by atoms with Gasteiger partial charge in [0.1, 0.15) is 0 Å². The number of hydrogen-bond donors (Lipinski definition) is 1. The Morgan fingerprint density at radius 3 is 2.38 bits per heavy atom. The van der Waals surface area contributed by atoms with E-state index in [0.29, 0.717) is 17.7 Å². The molecule has 21 heavy (non-hydrogen) atoms. The SMILES string of the molecule is CCC1(C)CC(=O)N(c2ccc(S(N)(=O)=O)cc2C)C1=O. The lowest BCUT2D eigenvalue weighted by atomic mass is 9.86. The Balaban J connectivity index is 2.49. The van der Waals surface area contributed by atoms with Crippen molar-refractivity contribution < 1.29 is 18.0 Å². The third-order valence-corrected chi connectivity index (χ3v) is 4.94.